The van der Waals surface area contributed by atoms with Crippen LogP contribution < -0.4 is 10.1 Å². The molecule has 1 heterocycles. The number of hydrogen-bond acceptors (Lipinski definition) is 5. The highest BCUT2D eigenvalue weighted by atomic mass is 79.9. The number of para-hydroxylation sites is 1. The number of rotatable bonds is 8. The summed E-state index contributed by atoms with van der Waals surface area (Å²) in [4.78, 5) is 32.0. The number of pyridine rings is 1. The summed E-state index contributed by atoms with van der Waals surface area (Å²) in [6.45, 7) is 9.57. The Hall–Kier alpha value is -3.71. The molecular weight excluding hydrogens is 568 g/mol. The fraction of sp³-hybridized carbons (Fsp3) is 0.303. The maximum atomic E-state index is 14.0. The molecule has 7 heteroatoms. The Bertz CT molecular complexity index is 1550. The number of benzene rings is 3. The Labute approximate surface area is 244 Å². The number of amides is 1. The number of carbonyl (C=O) groups excluding carboxylic acids is 2. The van der Waals surface area contributed by atoms with Crippen LogP contribution in [0.3, 0.4) is 0 Å². The Morgan fingerprint density at radius 3 is 2.30 bits per heavy atom. The zero-order chi connectivity index (χ0) is 29.1. The fourth-order valence-corrected chi connectivity index (χ4v) is 5.32. The van der Waals surface area contributed by atoms with Crippen molar-refractivity contribution in [2.75, 3.05) is 13.7 Å². The molecule has 0 aliphatic rings. The minimum Gasteiger partial charge on any atom is -0.496 e. The van der Waals surface area contributed by atoms with Crippen LogP contribution >= 0.6 is 15.9 Å². The molecule has 4 aromatic rings. The largest absolute Gasteiger partial charge is 0.496 e. The molecule has 208 valence electrons. The highest BCUT2D eigenvalue weighted by Crippen LogP contribution is 2.36. The van der Waals surface area contributed by atoms with Crippen LogP contribution in [-0.4, -0.2) is 36.1 Å². The van der Waals surface area contributed by atoms with Gasteiger partial charge in [-0.15, -0.1) is 0 Å². The summed E-state index contributed by atoms with van der Waals surface area (Å²) >= 11 is 3.55. The molecule has 1 unspecified atom stereocenters. The molecule has 0 fully saturated rings. The monoisotopic (exact) mass is 602 g/mol. The third-order valence-electron chi connectivity index (χ3n) is 6.82. The normalized spacial score (nSPS) is 13.0. The van der Waals surface area contributed by atoms with Gasteiger partial charge in [0.15, 0.2) is 0 Å². The van der Waals surface area contributed by atoms with Crippen molar-refractivity contribution in [3.8, 4) is 17.0 Å². The van der Waals surface area contributed by atoms with Crippen molar-refractivity contribution in [1.29, 1.82) is 0 Å². The van der Waals surface area contributed by atoms with Gasteiger partial charge in [0.25, 0.3) is 5.91 Å². The number of ether oxygens (including phenoxy) is 2. The van der Waals surface area contributed by atoms with Gasteiger partial charge >= 0.3 is 5.97 Å². The highest BCUT2D eigenvalue weighted by Gasteiger charge is 2.35. The van der Waals surface area contributed by atoms with Crippen molar-refractivity contribution in [3.63, 3.8) is 0 Å². The summed E-state index contributed by atoms with van der Waals surface area (Å²) in [6.07, 6.45) is 0.0574. The minimum absolute atomic E-state index is 0.0574. The molecular formula is C33H35BrN2O4. The molecule has 0 aliphatic heterocycles. The van der Waals surface area contributed by atoms with Crippen molar-refractivity contribution in [3.05, 3.63) is 94.0 Å². The van der Waals surface area contributed by atoms with E-state index in [1.165, 1.54) is 0 Å². The third kappa shape index (κ3) is 6.53. The third-order valence-corrected chi connectivity index (χ3v) is 7.31. The van der Waals surface area contributed by atoms with E-state index in [-0.39, 0.29) is 24.8 Å². The van der Waals surface area contributed by atoms with E-state index < -0.39 is 11.0 Å². The molecule has 0 saturated carbocycles. The van der Waals surface area contributed by atoms with E-state index in [0.717, 1.165) is 37.8 Å². The average Bonchev–Trinajstić information content (AvgIpc) is 2.91. The van der Waals surface area contributed by atoms with Crippen molar-refractivity contribution >= 4 is 38.7 Å². The standard InChI is InChI=1S/C33H35BrN2O4/c1-21-29(24-18-23(34)16-17-26(24)36-30(21)22-12-8-7-9-13-22)31(38)35-20-33(5,19-28(37)40-32(2,3)4)25-14-10-11-15-27(25)39-6/h7-18H,19-20H2,1-6H3,(H,35,38). The molecule has 0 aliphatic carbocycles. The van der Waals surface area contributed by atoms with Crippen LogP contribution in [0.25, 0.3) is 22.2 Å². The predicted molar refractivity (Wildman–Crippen MR) is 163 cm³/mol. The van der Waals surface area contributed by atoms with Crippen LogP contribution in [0.4, 0.5) is 0 Å². The first-order valence-corrected chi connectivity index (χ1v) is 14.0. The Kier molecular flexibility index (Phi) is 8.64. The number of carbonyl (C=O) groups is 2. The van der Waals surface area contributed by atoms with Crippen LogP contribution in [0.15, 0.2) is 77.3 Å². The van der Waals surface area contributed by atoms with Gasteiger partial charge in [-0.05, 0) is 57.5 Å². The summed E-state index contributed by atoms with van der Waals surface area (Å²) in [7, 11) is 1.60. The van der Waals surface area contributed by atoms with Crippen LogP contribution in [0, 0.1) is 6.92 Å². The van der Waals surface area contributed by atoms with E-state index in [1.807, 2.05) is 107 Å². The van der Waals surface area contributed by atoms with E-state index in [4.69, 9.17) is 14.5 Å². The number of nitrogens with zero attached hydrogens (tertiary/aromatic N) is 1. The van der Waals surface area contributed by atoms with Gasteiger partial charge in [-0.2, -0.15) is 0 Å². The first kappa shape index (κ1) is 29.3. The summed E-state index contributed by atoms with van der Waals surface area (Å²) < 4.78 is 12.2. The lowest BCUT2D eigenvalue weighted by molar-refractivity contribution is -0.156. The van der Waals surface area contributed by atoms with E-state index in [2.05, 4.69) is 21.2 Å². The molecule has 1 N–H and O–H groups in total. The second-order valence-corrected chi connectivity index (χ2v) is 12.1. The second-order valence-electron chi connectivity index (χ2n) is 11.2. The summed E-state index contributed by atoms with van der Waals surface area (Å²) in [5.74, 6) is 0.0464. The zero-order valence-electron chi connectivity index (χ0n) is 23.8. The number of esters is 1. The van der Waals surface area contributed by atoms with Crippen molar-refractivity contribution < 1.29 is 19.1 Å². The number of hydrogen-bond donors (Lipinski definition) is 1. The lowest BCUT2D eigenvalue weighted by Crippen LogP contribution is -2.42. The number of aromatic nitrogens is 1. The first-order valence-electron chi connectivity index (χ1n) is 13.2. The van der Waals surface area contributed by atoms with E-state index in [0.29, 0.717) is 11.3 Å². The van der Waals surface area contributed by atoms with Crippen molar-refractivity contribution in [1.82, 2.24) is 10.3 Å². The molecule has 6 nitrogen and oxygen atoms in total. The molecule has 0 spiro atoms. The molecule has 0 radical (unpaired) electrons. The summed E-state index contributed by atoms with van der Waals surface area (Å²) in [5, 5.41) is 3.89. The van der Waals surface area contributed by atoms with E-state index in [1.54, 1.807) is 7.11 Å². The number of fused-ring (bicyclic) bond motifs is 1. The maximum absolute atomic E-state index is 14.0. The molecule has 1 aromatic heterocycles. The van der Waals surface area contributed by atoms with Gasteiger partial charge in [0, 0.05) is 32.9 Å². The lowest BCUT2D eigenvalue weighted by atomic mass is 9.78. The minimum atomic E-state index is -0.801. The van der Waals surface area contributed by atoms with E-state index in [9.17, 15) is 9.59 Å². The molecule has 4 rings (SSSR count). The smallest absolute Gasteiger partial charge is 0.307 e. The second kappa shape index (κ2) is 11.8. The van der Waals surface area contributed by atoms with Gasteiger partial charge in [0.05, 0.1) is 30.3 Å². The molecule has 1 atom stereocenters. The predicted octanol–water partition coefficient (Wildman–Crippen LogP) is 7.40. The Morgan fingerprint density at radius 2 is 1.62 bits per heavy atom. The number of methoxy groups -OCH3 is 1. The van der Waals surface area contributed by atoms with Crippen molar-refractivity contribution in [2.24, 2.45) is 0 Å². The van der Waals surface area contributed by atoms with Gasteiger partial charge in [-0.25, -0.2) is 4.98 Å². The quantitative estimate of drug-likeness (QED) is 0.213. The number of halogens is 1. The SMILES string of the molecule is COc1ccccc1C(C)(CNC(=O)c1c(C)c(-c2ccccc2)nc2ccc(Br)cc12)CC(=O)OC(C)(C)C. The molecule has 3 aromatic carbocycles. The van der Waals surface area contributed by atoms with Crippen LogP contribution in [0.1, 0.15) is 55.6 Å². The maximum Gasteiger partial charge on any atom is 0.307 e. The van der Waals surface area contributed by atoms with E-state index >= 15 is 0 Å². The zero-order valence-corrected chi connectivity index (χ0v) is 25.4. The van der Waals surface area contributed by atoms with Crippen LogP contribution in [0.5, 0.6) is 5.75 Å². The Balaban J connectivity index is 1.75. The van der Waals surface area contributed by atoms with Gasteiger partial charge < -0.3 is 14.8 Å². The molecule has 0 saturated heterocycles. The average molecular weight is 604 g/mol. The van der Waals surface area contributed by atoms with Gasteiger partial charge in [0.1, 0.15) is 11.4 Å². The van der Waals surface area contributed by atoms with Gasteiger partial charge in [-0.3, -0.25) is 9.59 Å². The van der Waals surface area contributed by atoms with Crippen LogP contribution in [0.2, 0.25) is 0 Å². The van der Waals surface area contributed by atoms with Crippen LogP contribution in [-0.2, 0) is 14.9 Å². The summed E-state index contributed by atoms with van der Waals surface area (Å²) in [6, 6.07) is 23.1. The molecule has 0 bridgehead atoms. The summed E-state index contributed by atoms with van der Waals surface area (Å²) in [5.41, 5.74) is 3.11. The van der Waals surface area contributed by atoms with Gasteiger partial charge in [0.2, 0.25) is 0 Å². The Morgan fingerprint density at radius 1 is 0.950 bits per heavy atom. The fourth-order valence-electron chi connectivity index (χ4n) is 4.96. The molecule has 40 heavy (non-hydrogen) atoms. The molecule has 1 amide bonds. The lowest BCUT2D eigenvalue weighted by Gasteiger charge is -2.32. The van der Waals surface area contributed by atoms with Gasteiger partial charge in [-0.1, -0.05) is 71.4 Å². The topological polar surface area (TPSA) is 77.5 Å². The van der Waals surface area contributed by atoms with Crippen molar-refractivity contribution in [2.45, 2.75) is 52.1 Å². The first-order chi connectivity index (χ1) is 18.9. The number of nitrogens with one attached hydrogen (secondary N) is 1. The highest BCUT2D eigenvalue weighted by molar-refractivity contribution is 9.10.